The Morgan fingerprint density at radius 2 is 2.18 bits per heavy atom. The van der Waals surface area contributed by atoms with Crippen molar-refractivity contribution in [2.75, 3.05) is 7.11 Å². The Morgan fingerprint density at radius 3 is 2.76 bits per heavy atom. The van der Waals surface area contributed by atoms with Gasteiger partial charge >= 0.3 is 0 Å². The Balaban J connectivity index is 2.45. The van der Waals surface area contributed by atoms with Crippen LogP contribution in [0.15, 0.2) is 24.3 Å². The summed E-state index contributed by atoms with van der Waals surface area (Å²) in [5.74, 6) is 0.845. The lowest BCUT2D eigenvalue weighted by Gasteiger charge is -2.03. The fraction of sp³-hybridized carbons (Fsp3) is 0.308. The second-order valence-corrected chi connectivity index (χ2v) is 5.21. The lowest BCUT2D eigenvalue weighted by atomic mass is 10.1. The zero-order valence-corrected chi connectivity index (χ0v) is 11.0. The molecule has 0 fully saturated rings. The summed E-state index contributed by atoms with van der Waals surface area (Å²) >= 11 is 1.65. The molecule has 2 rings (SSSR count). The minimum atomic E-state index is -0.0157. The van der Waals surface area contributed by atoms with Crippen LogP contribution in [-0.2, 0) is 0 Å². The standard InChI is InChI=1S/C13H16N2OS/c1-8(14)13-15-12(9(2)17-13)10-5-4-6-11(7-10)16-3/h4-8H,14H2,1-3H3. The first-order chi connectivity index (χ1) is 8.11. The molecule has 0 spiro atoms. The van der Waals surface area contributed by atoms with Crippen molar-refractivity contribution in [3.05, 3.63) is 34.2 Å². The molecule has 4 heteroatoms. The van der Waals surface area contributed by atoms with Crippen LogP contribution in [0.2, 0.25) is 0 Å². The lowest BCUT2D eigenvalue weighted by Crippen LogP contribution is -2.03. The van der Waals surface area contributed by atoms with Gasteiger partial charge in [0.2, 0.25) is 0 Å². The number of hydrogen-bond acceptors (Lipinski definition) is 4. The zero-order chi connectivity index (χ0) is 12.4. The molecule has 1 unspecified atom stereocenters. The fourth-order valence-corrected chi connectivity index (χ4v) is 2.55. The number of ether oxygens (including phenoxy) is 1. The second-order valence-electron chi connectivity index (χ2n) is 3.98. The van der Waals surface area contributed by atoms with Gasteiger partial charge in [-0.05, 0) is 26.0 Å². The summed E-state index contributed by atoms with van der Waals surface area (Å²) in [6.45, 7) is 4.02. The van der Waals surface area contributed by atoms with E-state index in [0.29, 0.717) is 0 Å². The highest BCUT2D eigenvalue weighted by Crippen LogP contribution is 2.31. The number of aromatic nitrogens is 1. The van der Waals surface area contributed by atoms with Crippen molar-refractivity contribution in [2.24, 2.45) is 5.73 Å². The molecule has 1 aromatic carbocycles. The average Bonchev–Trinajstić information content (AvgIpc) is 2.72. The third-order valence-electron chi connectivity index (χ3n) is 2.55. The van der Waals surface area contributed by atoms with Gasteiger partial charge in [0.05, 0.1) is 18.8 Å². The van der Waals surface area contributed by atoms with Gasteiger partial charge in [-0.15, -0.1) is 11.3 Å². The minimum absolute atomic E-state index is 0.0157. The number of aryl methyl sites for hydroxylation is 1. The topological polar surface area (TPSA) is 48.1 Å². The van der Waals surface area contributed by atoms with Gasteiger partial charge in [0.1, 0.15) is 10.8 Å². The second kappa shape index (κ2) is 4.85. The van der Waals surface area contributed by atoms with Crippen LogP contribution >= 0.6 is 11.3 Å². The van der Waals surface area contributed by atoms with E-state index in [1.165, 1.54) is 4.88 Å². The van der Waals surface area contributed by atoms with Gasteiger partial charge in [-0.3, -0.25) is 0 Å². The number of rotatable bonds is 3. The van der Waals surface area contributed by atoms with Gasteiger partial charge in [-0.2, -0.15) is 0 Å². The maximum absolute atomic E-state index is 5.85. The smallest absolute Gasteiger partial charge is 0.119 e. The van der Waals surface area contributed by atoms with Gasteiger partial charge in [0, 0.05) is 10.4 Å². The van der Waals surface area contributed by atoms with Crippen LogP contribution in [0, 0.1) is 6.92 Å². The largest absolute Gasteiger partial charge is 0.497 e. The van der Waals surface area contributed by atoms with Crippen LogP contribution in [0.3, 0.4) is 0 Å². The van der Waals surface area contributed by atoms with E-state index in [0.717, 1.165) is 22.0 Å². The molecule has 1 atom stereocenters. The van der Waals surface area contributed by atoms with E-state index in [-0.39, 0.29) is 6.04 Å². The van der Waals surface area contributed by atoms with E-state index in [9.17, 15) is 0 Å². The van der Waals surface area contributed by atoms with Gasteiger partial charge in [0.25, 0.3) is 0 Å². The van der Waals surface area contributed by atoms with E-state index in [1.807, 2.05) is 31.2 Å². The van der Waals surface area contributed by atoms with Gasteiger partial charge in [-0.25, -0.2) is 4.98 Å². The highest BCUT2D eigenvalue weighted by molar-refractivity contribution is 7.12. The Bertz CT molecular complexity index is 520. The number of benzene rings is 1. The van der Waals surface area contributed by atoms with Crippen LogP contribution in [-0.4, -0.2) is 12.1 Å². The molecule has 17 heavy (non-hydrogen) atoms. The quantitative estimate of drug-likeness (QED) is 0.907. The molecule has 0 saturated heterocycles. The lowest BCUT2D eigenvalue weighted by molar-refractivity contribution is 0.415. The molecule has 0 amide bonds. The molecule has 3 nitrogen and oxygen atoms in total. The molecular weight excluding hydrogens is 232 g/mol. The first-order valence-corrected chi connectivity index (χ1v) is 6.31. The van der Waals surface area contributed by atoms with Crippen molar-refractivity contribution in [1.29, 1.82) is 0 Å². The molecule has 0 saturated carbocycles. The van der Waals surface area contributed by atoms with Gasteiger partial charge in [-0.1, -0.05) is 12.1 Å². The Labute approximate surface area is 105 Å². The fourth-order valence-electron chi connectivity index (χ4n) is 1.65. The third-order valence-corrected chi connectivity index (χ3v) is 3.72. The van der Waals surface area contributed by atoms with Crippen molar-refractivity contribution in [3.8, 4) is 17.0 Å². The summed E-state index contributed by atoms with van der Waals surface area (Å²) in [4.78, 5) is 5.78. The van der Waals surface area contributed by atoms with E-state index in [2.05, 4.69) is 11.9 Å². The summed E-state index contributed by atoms with van der Waals surface area (Å²) in [5, 5.41) is 0.973. The first-order valence-electron chi connectivity index (χ1n) is 5.49. The van der Waals surface area contributed by atoms with Crippen molar-refractivity contribution < 1.29 is 4.74 Å². The maximum atomic E-state index is 5.85. The minimum Gasteiger partial charge on any atom is -0.497 e. The van der Waals surface area contributed by atoms with E-state index < -0.39 is 0 Å². The number of nitrogens with zero attached hydrogens (tertiary/aromatic N) is 1. The van der Waals surface area contributed by atoms with Crippen molar-refractivity contribution in [3.63, 3.8) is 0 Å². The number of methoxy groups -OCH3 is 1. The summed E-state index contributed by atoms with van der Waals surface area (Å²) in [6, 6.07) is 7.91. The number of hydrogen-bond donors (Lipinski definition) is 1. The average molecular weight is 248 g/mol. The van der Waals surface area contributed by atoms with E-state index >= 15 is 0 Å². The number of thiazole rings is 1. The normalized spacial score (nSPS) is 12.5. The summed E-state index contributed by atoms with van der Waals surface area (Å²) in [6.07, 6.45) is 0. The molecule has 0 aliphatic rings. The molecular formula is C13H16N2OS. The van der Waals surface area contributed by atoms with Crippen LogP contribution in [0.1, 0.15) is 22.9 Å². The van der Waals surface area contributed by atoms with Crippen LogP contribution in [0.25, 0.3) is 11.3 Å². The molecule has 0 aliphatic carbocycles. The van der Waals surface area contributed by atoms with Gasteiger partial charge in [0.15, 0.2) is 0 Å². The predicted octanol–water partition coefficient (Wildman–Crippen LogP) is 3.15. The van der Waals surface area contributed by atoms with Crippen molar-refractivity contribution in [2.45, 2.75) is 19.9 Å². The number of nitrogens with two attached hydrogens (primary N) is 1. The molecule has 0 aliphatic heterocycles. The summed E-state index contributed by atoms with van der Waals surface area (Å²) in [7, 11) is 1.67. The molecule has 1 aromatic heterocycles. The monoisotopic (exact) mass is 248 g/mol. The maximum Gasteiger partial charge on any atom is 0.119 e. The van der Waals surface area contributed by atoms with E-state index in [1.54, 1.807) is 18.4 Å². The Morgan fingerprint density at radius 1 is 1.41 bits per heavy atom. The third kappa shape index (κ3) is 2.48. The Hall–Kier alpha value is -1.39. The molecule has 2 aromatic rings. The molecule has 1 heterocycles. The predicted molar refractivity (Wildman–Crippen MR) is 71.4 cm³/mol. The highest BCUT2D eigenvalue weighted by atomic mass is 32.1. The molecule has 0 radical (unpaired) electrons. The molecule has 0 bridgehead atoms. The summed E-state index contributed by atoms with van der Waals surface area (Å²) < 4.78 is 5.22. The SMILES string of the molecule is COc1cccc(-c2nc(C(C)N)sc2C)c1. The molecule has 2 N–H and O–H groups in total. The van der Waals surface area contributed by atoms with E-state index in [4.69, 9.17) is 10.5 Å². The first kappa shape index (κ1) is 12.1. The van der Waals surface area contributed by atoms with Crippen LogP contribution in [0.5, 0.6) is 5.75 Å². The molecule has 90 valence electrons. The zero-order valence-electron chi connectivity index (χ0n) is 10.2. The summed E-state index contributed by atoms with van der Waals surface area (Å²) in [5.41, 5.74) is 7.93. The van der Waals surface area contributed by atoms with Crippen molar-refractivity contribution >= 4 is 11.3 Å². The van der Waals surface area contributed by atoms with Crippen LogP contribution < -0.4 is 10.5 Å². The highest BCUT2D eigenvalue weighted by Gasteiger charge is 2.12. The van der Waals surface area contributed by atoms with Crippen molar-refractivity contribution in [1.82, 2.24) is 4.98 Å². The van der Waals surface area contributed by atoms with Gasteiger partial charge < -0.3 is 10.5 Å². The van der Waals surface area contributed by atoms with Crippen LogP contribution in [0.4, 0.5) is 0 Å². The Kier molecular flexibility index (Phi) is 3.45.